The summed E-state index contributed by atoms with van der Waals surface area (Å²) in [5.74, 6) is 0.108. The number of piperidine rings is 1. The van der Waals surface area contributed by atoms with Gasteiger partial charge in [0.1, 0.15) is 29.5 Å². The predicted molar refractivity (Wildman–Crippen MR) is 277 cm³/mol. The van der Waals surface area contributed by atoms with E-state index < -0.39 is 40.8 Å². The molecule has 0 aliphatic carbocycles. The number of anilines is 3. The Hall–Kier alpha value is -7.17. The zero-order valence-corrected chi connectivity index (χ0v) is 42.2. The van der Waals surface area contributed by atoms with Gasteiger partial charge in [0.05, 0.1) is 45.2 Å². The number of likely N-dealkylation sites (tertiary alicyclic amines) is 1. The van der Waals surface area contributed by atoms with Gasteiger partial charge in [0.15, 0.2) is 10.9 Å². The maximum atomic E-state index is 14.0. The summed E-state index contributed by atoms with van der Waals surface area (Å²) in [6.45, 7) is 11.3. The third-order valence-corrected chi connectivity index (χ3v) is 14.7. The predicted octanol–water partition coefficient (Wildman–Crippen LogP) is 9.18. The number of nitriles is 1. The molecule has 0 unspecified atom stereocenters. The average molecular weight is 1020 g/mol. The number of rotatable bonds is 14. The van der Waals surface area contributed by atoms with Crippen LogP contribution in [0.15, 0.2) is 108 Å². The zero-order valence-electron chi connectivity index (χ0n) is 40.5. The number of nitrogens with two attached hydrogens (primary N) is 1. The highest BCUT2D eigenvalue weighted by molar-refractivity contribution is 7.81. The number of halogens is 3. The minimum Gasteiger partial charge on any atom is -0.487 e. The Bertz CT molecular complexity index is 2930. The number of benzene rings is 3. The van der Waals surface area contributed by atoms with Crippen molar-refractivity contribution in [2.45, 2.75) is 96.7 Å². The first-order valence-corrected chi connectivity index (χ1v) is 25.0. The Labute approximate surface area is 426 Å². The number of pyridine rings is 1. The molecule has 3 aliphatic rings. The van der Waals surface area contributed by atoms with Crippen molar-refractivity contribution in [1.82, 2.24) is 20.2 Å². The smallest absolute Gasteiger partial charge is 0.417 e. The second kappa shape index (κ2) is 21.3. The lowest BCUT2D eigenvalue weighted by molar-refractivity contribution is -0.140. The molecule has 3 saturated heterocycles. The van der Waals surface area contributed by atoms with Gasteiger partial charge in [0.2, 0.25) is 11.8 Å². The van der Waals surface area contributed by atoms with Crippen molar-refractivity contribution in [3.8, 4) is 27.6 Å². The normalized spacial score (nSPS) is 18.1. The van der Waals surface area contributed by atoms with Gasteiger partial charge >= 0.3 is 6.18 Å². The lowest BCUT2D eigenvalue weighted by Crippen LogP contribution is -2.49. The van der Waals surface area contributed by atoms with Crippen molar-refractivity contribution in [2.24, 2.45) is 16.6 Å². The molecular formula is C53H55F3N10O4S2. The molecule has 72 heavy (non-hydrogen) atoms. The molecule has 0 radical (unpaired) electrons. The standard InChI is InChI=1S/C53H55F3N10O4S2/c1-32(2)46(49(68)64-22-6-7-44(64)48(67)61-28-34-8-10-36(11-9-34)47-33(3)62-31-72-47)60-30-42(27-58)70-41-20-23-63(24-21-41)45-19-15-38(29-59-45)35-12-16-39(17-13-35)66-51(71)65(50(69)52(66,4)5)40-18-14-37(26-57)43(25-40)53(54,55)56/h8-19,25,27,29-32,41,44,46H,6-7,20-24,28,58H2,1-5H3,(H,61,67)/t44-,46-/m0/s1. The monoisotopic (exact) mass is 1020 g/mol. The van der Waals surface area contributed by atoms with Crippen LogP contribution in [0.25, 0.3) is 21.6 Å². The lowest BCUT2D eigenvalue weighted by atomic mass is 10.0. The van der Waals surface area contributed by atoms with Crippen LogP contribution in [0.3, 0.4) is 0 Å². The number of nitrogens with one attached hydrogen (secondary N) is 1. The Morgan fingerprint density at radius 2 is 1.67 bits per heavy atom. The van der Waals surface area contributed by atoms with E-state index in [0.717, 1.165) is 62.1 Å². The Balaban J connectivity index is 0.830. The number of ether oxygens (including phenoxy) is 1. The highest BCUT2D eigenvalue weighted by atomic mass is 32.1. The van der Waals surface area contributed by atoms with Gasteiger partial charge in [0, 0.05) is 62.7 Å². The molecule has 0 spiro atoms. The number of aryl methyl sites for hydroxylation is 1. The van der Waals surface area contributed by atoms with Crippen LogP contribution in [0.1, 0.15) is 75.8 Å². The number of carbonyl (C=O) groups excluding carboxylic acids is 3. The molecule has 2 atom stereocenters. The highest BCUT2D eigenvalue weighted by Gasteiger charge is 2.51. The minimum atomic E-state index is -4.80. The van der Waals surface area contributed by atoms with Crippen molar-refractivity contribution >= 4 is 69.8 Å². The van der Waals surface area contributed by atoms with Gasteiger partial charge in [-0.25, -0.2) is 9.97 Å². The van der Waals surface area contributed by atoms with E-state index in [4.69, 9.17) is 27.7 Å². The van der Waals surface area contributed by atoms with Crippen LogP contribution in [0.2, 0.25) is 0 Å². The molecule has 14 nitrogen and oxygen atoms in total. The zero-order chi connectivity index (χ0) is 51.5. The van der Waals surface area contributed by atoms with E-state index in [2.05, 4.69) is 20.2 Å². The fraction of sp³-hybridized carbons (Fsp3) is 0.358. The molecule has 3 aliphatic heterocycles. The second-order valence-corrected chi connectivity index (χ2v) is 20.0. The number of thiocarbonyl (C=S) groups is 1. The summed E-state index contributed by atoms with van der Waals surface area (Å²) in [7, 11) is 0. The molecule has 0 saturated carbocycles. The van der Waals surface area contributed by atoms with Gasteiger partial charge in [-0.05, 0) is 111 Å². The van der Waals surface area contributed by atoms with Crippen molar-refractivity contribution in [3.63, 3.8) is 0 Å². The van der Waals surface area contributed by atoms with Crippen molar-refractivity contribution in [1.29, 1.82) is 5.26 Å². The Kier molecular flexibility index (Phi) is 15.1. The number of allylic oxidation sites excluding steroid dienone is 1. The lowest BCUT2D eigenvalue weighted by Gasteiger charge is -2.33. The van der Waals surface area contributed by atoms with E-state index in [1.54, 1.807) is 59.4 Å². The van der Waals surface area contributed by atoms with Crippen molar-refractivity contribution in [3.05, 3.63) is 125 Å². The van der Waals surface area contributed by atoms with Crippen LogP contribution >= 0.6 is 23.6 Å². The van der Waals surface area contributed by atoms with E-state index in [-0.39, 0.29) is 34.6 Å². The molecule has 0 bridgehead atoms. The number of amides is 3. The van der Waals surface area contributed by atoms with E-state index in [9.17, 15) is 32.8 Å². The van der Waals surface area contributed by atoms with Crippen LogP contribution < -0.4 is 25.8 Å². The summed E-state index contributed by atoms with van der Waals surface area (Å²) >= 11 is 7.30. The number of hydrogen-bond acceptors (Lipinski definition) is 12. The van der Waals surface area contributed by atoms with E-state index >= 15 is 0 Å². The summed E-state index contributed by atoms with van der Waals surface area (Å²) in [6.07, 6.45) is 2.38. The molecule has 374 valence electrons. The minimum absolute atomic E-state index is 0.0123. The fourth-order valence-corrected chi connectivity index (χ4v) is 10.7. The molecule has 2 aromatic heterocycles. The first kappa shape index (κ1) is 51.2. The van der Waals surface area contributed by atoms with Gasteiger partial charge in [0.25, 0.3) is 5.91 Å². The molecule has 3 N–H and O–H groups in total. The van der Waals surface area contributed by atoms with E-state index in [0.29, 0.717) is 56.9 Å². The van der Waals surface area contributed by atoms with Crippen LogP contribution in [0.5, 0.6) is 0 Å². The summed E-state index contributed by atoms with van der Waals surface area (Å²) in [4.78, 5) is 62.6. The SMILES string of the molecule is Cc1ncsc1-c1ccc(CNC(=O)[C@@H]2CCCN2C(=O)[C@@H](N=CC(=CN)OC2CCN(c3ccc(-c4ccc(N5C(=S)N(c6ccc(C#N)c(C(F)(F)F)c6)C(=O)C5(C)C)cc4)cn3)CC2)C(C)C)cc1. The summed E-state index contributed by atoms with van der Waals surface area (Å²) in [5, 5.41) is 12.3. The van der Waals surface area contributed by atoms with E-state index in [1.807, 2.05) is 74.8 Å². The van der Waals surface area contributed by atoms with E-state index in [1.165, 1.54) is 18.5 Å². The second-order valence-electron chi connectivity index (χ2n) is 18.8. The first-order valence-electron chi connectivity index (χ1n) is 23.7. The number of hydrogen-bond donors (Lipinski definition) is 2. The molecule has 19 heteroatoms. The number of aromatic nitrogens is 2. The van der Waals surface area contributed by atoms with Gasteiger partial charge in [-0.1, -0.05) is 50.2 Å². The fourth-order valence-electron chi connectivity index (χ4n) is 9.32. The largest absolute Gasteiger partial charge is 0.487 e. The van der Waals surface area contributed by atoms with Gasteiger partial charge in [-0.3, -0.25) is 24.3 Å². The van der Waals surface area contributed by atoms with Gasteiger partial charge in [-0.15, -0.1) is 11.3 Å². The molecular weight excluding hydrogens is 962 g/mol. The number of nitrogens with zero attached hydrogens (tertiary/aromatic N) is 8. The third kappa shape index (κ3) is 10.7. The number of aliphatic imine (C=N–C) groups is 1. The molecule has 5 heterocycles. The molecule has 3 fully saturated rings. The van der Waals surface area contributed by atoms with Gasteiger partial charge < -0.3 is 30.5 Å². The number of carbonyl (C=O) groups is 3. The van der Waals surface area contributed by atoms with Crippen LogP contribution in [-0.4, -0.2) is 87.3 Å². The molecule has 8 rings (SSSR count). The first-order chi connectivity index (χ1) is 34.4. The third-order valence-electron chi connectivity index (χ3n) is 13.3. The Morgan fingerprint density at radius 1 is 0.986 bits per heavy atom. The Morgan fingerprint density at radius 3 is 2.28 bits per heavy atom. The maximum Gasteiger partial charge on any atom is 0.417 e. The molecule has 5 aromatic rings. The quantitative estimate of drug-likeness (QED) is 0.0617. The highest BCUT2D eigenvalue weighted by Crippen LogP contribution is 2.40. The molecule has 3 amide bonds. The maximum absolute atomic E-state index is 14.0. The molecule has 3 aromatic carbocycles. The topological polar surface area (TPSA) is 173 Å². The van der Waals surface area contributed by atoms with Crippen LogP contribution in [0.4, 0.5) is 30.4 Å². The summed E-state index contributed by atoms with van der Waals surface area (Å²) < 4.78 is 47.7. The summed E-state index contributed by atoms with van der Waals surface area (Å²) in [6, 6.07) is 22.7. The van der Waals surface area contributed by atoms with Crippen LogP contribution in [0, 0.1) is 24.2 Å². The number of thiazole rings is 1. The van der Waals surface area contributed by atoms with Crippen molar-refractivity contribution in [2.75, 3.05) is 34.3 Å². The van der Waals surface area contributed by atoms with Crippen molar-refractivity contribution < 1.29 is 32.3 Å². The van der Waals surface area contributed by atoms with Crippen LogP contribution in [-0.2, 0) is 31.8 Å². The van der Waals surface area contributed by atoms with Gasteiger partial charge in [-0.2, -0.15) is 18.4 Å². The number of alkyl halides is 3. The average Bonchev–Trinajstić information content (AvgIpc) is 4.09. The summed E-state index contributed by atoms with van der Waals surface area (Å²) in [5.41, 5.74) is 10.2.